The minimum absolute atomic E-state index is 0.0581. The molecule has 0 aromatic carbocycles. The second-order valence-corrected chi connectivity index (χ2v) is 6.01. The number of aromatic nitrogens is 3. The molecule has 1 N–H and O–H groups in total. The predicted octanol–water partition coefficient (Wildman–Crippen LogP) is 3.00. The van der Waals surface area contributed by atoms with Crippen LogP contribution >= 0.6 is 11.3 Å². The molecule has 118 valence electrons. The Morgan fingerprint density at radius 2 is 2.30 bits per heavy atom. The van der Waals surface area contributed by atoms with Crippen LogP contribution in [0, 0.1) is 0 Å². The van der Waals surface area contributed by atoms with Crippen LogP contribution in [-0.2, 0) is 11.2 Å². The molecule has 0 saturated carbocycles. The summed E-state index contributed by atoms with van der Waals surface area (Å²) in [6.45, 7) is 1.93. The zero-order chi connectivity index (χ0) is 16.1. The van der Waals surface area contributed by atoms with E-state index < -0.39 is 0 Å². The van der Waals surface area contributed by atoms with Gasteiger partial charge in [0.1, 0.15) is 0 Å². The maximum Gasteiger partial charge on any atom is 0.227 e. The molecule has 0 radical (unpaired) electrons. The highest BCUT2D eigenvalue weighted by molar-refractivity contribution is 7.13. The van der Waals surface area contributed by atoms with Crippen LogP contribution in [-0.4, -0.2) is 21.0 Å². The third-order valence-corrected chi connectivity index (χ3v) is 4.20. The van der Waals surface area contributed by atoms with Gasteiger partial charge in [-0.05, 0) is 30.0 Å². The molecular weight excluding hydrogens is 312 g/mol. The number of carbonyl (C=O) groups is 1. The van der Waals surface area contributed by atoms with Crippen molar-refractivity contribution < 1.29 is 9.32 Å². The number of aryl methyl sites for hydroxylation is 1. The second kappa shape index (κ2) is 7.15. The molecule has 3 aromatic rings. The Kier molecular flexibility index (Phi) is 4.77. The summed E-state index contributed by atoms with van der Waals surface area (Å²) >= 11 is 1.55. The van der Waals surface area contributed by atoms with Gasteiger partial charge in [0, 0.05) is 25.2 Å². The minimum atomic E-state index is -0.0828. The molecule has 0 bridgehead atoms. The van der Waals surface area contributed by atoms with Crippen molar-refractivity contribution >= 4 is 17.2 Å². The fourth-order valence-corrected chi connectivity index (χ4v) is 2.76. The Morgan fingerprint density at radius 1 is 1.39 bits per heavy atom. The molecule has 3 rings (SSSR count). The van der Waals surface area contributed by atoms with Gasteiger partial charge < -0.3 is 9.84 Å². The Hall–Kier alpha value is -2.54. The van der Waals surface area contributed by atoms with Gasteiger partial charge in [-0.15, -0.1) is 11.3 Å². The Bertz CT molecular complexity index is 756. The smallest absolute Gasteiger partial charge is 0.227 e. The number of nitrogens with zero attached hydrogens (tertiary/aromatic N) is 3. The molecule has 6 nitrogen and oxygen atoms in total. The average Bonchev–Trinajstić information content (AvgIpc) is 3.25. The van der Waals surface area contributed by atoms with Gasteiger partial charge in [-0.1, -0.05) is 17.3 Å². The molecule has 0 fully saturated rings. The number of rotatable bonds is 6. The van der Waals surface area contributed by atoms with Crippen LogP contribution in [0.1, 0.15) is 30.8 Å². The highest BCUT2D eigenvalue weighted by Gasteiger charge is 2.13. The molecule has 0 aliphatic rings. The SMILES string of the molecule is C[C@@H](NC(=O)CCc1nc(-c2cccs2)no1)c1cccnc1. The van der Waals surface area contributed by atoms with E-state index in [-0.39, 0.29) is 11.9 Å². The van der Waals surface area contributed by atoms with Crippen molar-refractivity contribution in [3.05, 3.63) is 53.5 Å². The number of hydrogen-bond donors (Lipinski definition) is 1. The number of amides is 1. The minimum Gasteiger partial charge on any atom is -0.350 e. The number of carbonyl (C=O) groups excluding carboxylic acids is 1. The van der Waals surface area contributed by atoms with E-state index in [9.17, 15) is 4.79 Å². The molecule has 0 aliphatic heterocycles. The van der Waals surface area contributed by atoms with Crippen LogP contribution in [0.4, 0.5) is 0 Å². The first-order valence-electron chi connectivity index (χ1n) is 7.28. The van der Waals surface area contributed by atoms with Crippen molar-refractivity contribution in [3.63, 3.8) is 0 Å². The maximum atomic E-state index is 12.0. The summed E-state index contributed by atoms with van der Waals surface area (Å²) in [5, 5.41) is 8.82. The molecular formula is C16H16N4O2S. The van der Waals surface area contributed by atoms with Crippen LogP contribution in [0.2, 0.25) is 0 Å². The van der Waals surface area contributed by atoms with Gasteiger partial charge in [0.25, 0.3) is 0 Å². The van der Waals surface area contributed by atoms with Crippen molar-refractivity contribution in [1.82, 2.24) is 20.4 Å². The lowest BCUT2D eigenvalue weighted by molar-refractivity contribution is -0.121. The topological polar surface area (TPSA) is 80.9 Å². The molecule has 3 aromatic heterocycles. The molecule has 0 unspecified atom stereocenters. The average molecular weight is 328 g/mol. The van der Waals surface area contributed by atoms with Crippen molar-refractivity contribution in [2.75, 3.05) is 0 Å². The quantitative estimate of drug-likeness (QED) is 0.752. The Morgan fingerprint density at radius 3 is 3.04 bits per heavy atom. The molecule has 0 saturated heterocycles. The lowest BCUT2D eigenvalue weighted by Gasteiger charge is -2.13. The highest BCUT2D eigenvalue weighted by Crippen LogP contribution is 2.21. The van der Waals surface area contributed by atoms with Crippen LogP contribution in [0.25, 0.3) is 10.7 Å². The first-order chi connectivity index (χ1) is 11.2. The zero-order valence-corrected chi connectivity index (χ0v) is 13.4. The number of hydrogen-bond acceptors (Lipinski definition) is 6. The highest BCUT2D eigenvalue weighted by atomic mass is 32.1. The summed E-state index contributed by atoms with van der Waals surface area (Å²) in [5.41, 5.74) is 0.971. The van der Waals surface area contributed by atoms with E-state index in [0.717, 1.165) is 10.4 Å². The van der Waals surface area contributed by atoms with E-state index in [1.807, 2.05) is 36.6 Å². The van der Waals surface area contributed by atoms with Gasteiger partial charge >= 0.3 is 0 Å². The van der Waals surface area contributed by atoms with Gasteiger partial charge in [-0.2, -0.15) is 4.98 Å². The van der Waals surface area contributed by atoms with Crippen molar-refractivity contribution in [2.45, 2.75) is 25.8 Å². The summed E-state index contributed by atoms with van der Waals surface area (Å²) in [6.07, 6.45) is 4.18. The maximum absolute atomic E-state index is 12.0. The molecule has 0 aliphatic carbocycles. The third kappa shape index (κ3) is 4.01. The lowest BCUT2D eigenvalue weighted by atomic mass is 10.1. The standard InChI is InChI=1S/C16H16N4O2S/c1-11(12-4-2-8-17-10-12)18-14(21)6-7-15-19-16(20-22-15)13-5-3-9-23-13/h2-5,8-11H,6-7H2,1H3,(H,18,21)/t11-/m1/s1. The molecule has 1 atom stereocenters. The summed E-state index contributed by atoms with van der Waals surface area (Å²) in [7, 11) is 0. The van der Waals surface area contributed by atoms with Gasteiger partial charge in [-0.25, -0.2) is 0 Å². The fourth-order valence-electron chi connectivity index (χ4n) is 2.11. The monoisotopic (exact) mass is 328 g/mol. The van der Waals surface area contributed by atoms with Crippen LogP contribution in [0.3, 0.4) is 0 Å². The number of thiophene rings is 1. The first-order valence-corrected chi connectivity index (χ1v) is 8.16. The van der Waals surface area contributed by atoms with E-state index in [4.69, 9.17) is 4.52 Å². The van der Waals surface area contributed by atoms with E-state index >= 15 is 0 Å². The fraction of sp³-hybridized carbons (Fsp3) is 0.250. The van der Waals surface area contributed by atoms with Gasteiger partial charge in [0.2, 0.25) is 17.6 Å². The first kappa shape index (κ1) is 15.4. The largest absolute Gasteiger partial charge is 0.350 e. The van der Waals surface area contributed by atoms with Gasteiger partial charge in [0.05, 0.1) is 10.9 Å². The Labute approximate surface area is 137 Å². The van der Waals surface area contributed by atoms with Crippen LogP contribution in [0.5, 0.6) is 0 Å². The van der Waals surface area contributed by atoms with E-state index in [0.29, 0.717) is 24.6 Å². The van der Waals surface area contributed by atoms with Crippen molar-refractivity contribution in [1.29, 1.82) is 0 Å². The molecule has 3 heterocycles. The normalized spacial score (nSPS) is 12.0. The molecule has 1 amide bonds. The molecule has 7 heteroatoms. The summed E-state index contributed by atoms with van der Waals surface area (Å²) in [6, 6.07) is 7.57. The van der Waals surface area contributed by atoms with Crippen molar-refractivity contribution in [3.8, 4) is 10.7 Å². The summed E-state index contributed by atoms with van der Waals surface area (Å²) in [4.78, 5) is 21.3. The van der Waals surface area contributed by atoms with Crippen molar-refractivity contribution in [2.24, 2.45) is 0 Å². The predicted molar refractivity (Wildman–Crippen MR) is 86.7 cm³/mol. The zero-order valence-electron chi connectivity index (χ0n) is 12.6. The molecule has 23 heavy (non-hydrogen) atoms. The molecule has 0 spiro atoms. The van der Waals surface area contributed by atoms with Gasteiger partial charge in [-0.3, -0.25) is 9.78 Å². The number of pyridine rings is 1. The van der Waals surface area contributed by atoms with Crippen LogP contribution < -0.4 is 5.32 Å². The Balaban J connectivity index is 1.51. The van der Waals surface area contributed by atoms with Gasteiger partial charge in [0.15, 0.2) is 0 Å². The number of nitrogens with one attached hydrogen (secondary N) is 1. The summed E-state index contributed by atoms with van der Waals surface area (Å²) in [5.74, 6) is 0.981. The summed E-state index contributed by atoms with van der Waals surface area (Å²) < 4.78 is 5.18. The van der Waals surface area contributed by atoms with Crippen LogP contribution in [0.15, 0.2) is 46.6 Å². The van der Waals surface area contributed by atoms with E-state index in [1.165, 1.54) is 0 Å². The van der Waals surface area contributed by atoms with E-state index in [2.05, 4.69) is 20.4 Å². The van der Waals surface area contributed by atoms with E-state index in [1.54, 1.807) is 23.7 Å². The third-order valence-electron chi connectivity index (χ3n) is 3.34. The second-order valence-electron chi connectivity index (χ2n) is 5.06. The lowest BCUT2D eigenvalue weighted by Crippen LogP contribution is -2.26.